The number of nitrogens with two attached hydrogens (primary N) is 1. The highest BCUT2D eigenvalue weighted by Crippen LogP contribution is 2.35. The smallest absolute Gasteiger partial charge is 0.381 e. The maximum absolute atomic E-state index is 12.8. The molecular weight excluding hydrogens is 295 g/mol. The lowest BCUT2D eigenvalue weighted by molar-refractivity contribution is -0.137. The molecule has 1 amide bonds. The molecule has 0 atom stereocenters. The second-order valence-corrected chi connectivity index (χ2v) is 5.56. The van der Waals surface area contributed by atoms with Crippen molar-refractivity contribution in [3.63, 3.8) is 0 Å². The summed E-state index contributed by atoms with van der Waals surface area (Å²) < 4.78 is 38.5. The molecule has 122 valence electrons. The minimum Gasteiger partial charge on any atom is -0.381 e. The van der Waals surface area contributed by atoms with E-state index in [-0.39, 0.29) is 18.3 Å². The van der Waals surface area contributed by atoms with Gasteiger partial charge in [0.1, 0.15) is 0 Å². The largest absolute Gasteiger partial charge is 0.416 e. The number of hydrogen-bond acceptors (Lipinski definition) is 3. The van der Waals surface area contributed by atoms with E-state index in [1.165, 1.54) is 12.5 Å². The Kier molecular flexibility index (Phi) is 5.15. The van der Waals surface area contributed by atoms with Crippen LogP contribution < -0.4 is 16.4 Å². The van der Waals surface area contributed by atoms with Crippen LogP contribution in [-0.4, -0.2) is 18.5 Å². The Morgan fingerprint density at radius 3 is 2.45 bits per heavy atom. The number of halogens is 3. The van der Waals surface area contributed by atoms with Crippen molar-refractivity contribution >= 4 is 17.3 Å². The zero-order valence-electron chi connectivity index (χ0n) is 12.2. The quantitative estimate of drug-likeness (QED) is 0.780. The summed E-state index contributed by atoms with van der Waals surface area (Å²) in [6.07, 6.45) is 0.988. The van der Waals surface area contributed by atoms with Gasteiger partial charge in [0.15, 0.2) is 0 Å². The Balaban J connectivity index is 2.20. The maximum Gasteiger partial charge on any atom is 0.416 e. The second kappa shape index (κ2) is 6.89. The molecule has 2 rings (SSSR count). The molecular formula is C15H20F3N3O. The van der Waals surface area contributed by atoms with E-state index in [4.69, 9.17) is 5.73 Å². The van der Waals surface area contributed by atoms with Gasteiger partial charge in [0.05, 0.1) is 23.5 Å². The minimum atomic E-state index is -4.42. The van der Waals surface area contributed by atoms with E-state index in [0.717, 1.165) is 37.8 Å². The Morgan fingerprint density at radius 2 is 1.86 bits per heavy atom. The van der Waals surface area contributed by atoms with Gasteiger partial charge < -0.3 is 16.4 Å². The first kappa shape index (κ1) is 16.5. The second-order valence-electron chi connectivity index (χ2n) is 5.56. The molecule has 1 aromatic carbocycles. The van der Waals surface area contributed by atoms with Crippen LogP contribution in [0.2, 0.25) is 0 Å². The highest BCUT2D eigenvalue weighted by Gasteiger charge is 2.31. The molecule has 1 aliphatic carbocycles. The summed E-state index contributed by atoms with van der Waals surface area (Å²) in [6.45, 7) is -0.208. The molecule has 1 fully saturated rings. The van der Waals surface area contributed by atoms with Crippen molar-refractivity contribution < 1.29 is 18.0 Å². The fourth-order valence-corrected chi connectivity index (χ4v) is 2.64. The van der Waals surface area contributed by atoms with Crippen molar-refractivity contribution in [2.45, 2.75) is 44.3 Å². The average Bonchev–Trinajstić information content (AvgIpc) is 2.46. The maximum atomic E-state index is 12.8. The number of amides is 1. The van der Waals surface area contributed by atoms with Gasteiger partial charge in [-0.1, -0.05) is 19.3 Å². The monoisotopic (exact) mass is 315 g/mol. The summed E-state index contributed by atoms with van der Waals surface area (Å²) >= 11 is 0. The van der Waals surface area contributed by atoms with Crippen LogP contribution in [0.3, 0.4) is 0 Å². The zero-order chi connectivity index (χ0) is 16.2. The van der Waals surface area contributed by atoms with Gasteiger partial charge in [-0.05, 0) is 31.0 Å². The van der Waals surface area contributed by atoms with Crippen molar-refractivity contribution in [2.75, 3.05) is 17.2 Å². The number of alkyl halides is 3. The molecule has 0 unspecified atom stereocenters. The summed E-state index contributed by atoms with van der Waals surface area (Å²) in [7, 11) is 0. The third-order valence-corrected chi connectivity index (χ3v) is 3.76. The highest BCUT2D eigenvalue weighted by atomic mass is 19.4. The summed E-state index contributed by atoms with van der Waals surface area (Å²) in [5.41, 5.74) is 5.12. The molecule has 22 heavy (non-hydrogen) atoms. The molecule has 4 nitrogen and oxygen atoms in total. The molecule has 0 radical (unpaired) electrons. The number of benzene rings is 1. The van der Waals surface area contributed by atoms with Crippen molar-refractivity contribution in [3.05, 3.63) is 23.8 Å². The van der Waals surface area contributed by atoms with E-state index >= 15 is 0 Å². The van der Waals surface area contributed by atoms with Crippen LogP contribution in [0.1, 0.15) is 37.7 Å². The fraction of sp³-hybridized carbons (Fsp3) is 0.533. The van der Waals surface area contributed by atoms with Crippen LogP contribution in [-0.2, 0) is 11.0 Å². The number of primary amides is 1. The normalized spacial score (nSPS) is 16.3. The predicted octanol–water partition coefficient (Wildman–Crippen LogP) is 3.35. The molecule has 0 heterocycles. The van der Waals surface area contributed by atoms with Gasteiger partial charge in [-0.25, -0.2) is 0 Å². The third kappa shape index (κ3) is 4.54. The van der Waals surface area contributed by atoms with Gasteiger partial charge in [-0.2, -0.15) is 13.2 Å². The topological polar surface area (TPSA) is 67.2 Å². The summed E-state index contributed by atoms with van der Waals surface area (Å²) in [6, 6.07) is 3.70. The summed E-state index contributed by atoms with van der Waals surface area (Å²) in [5, 5.41) is 5.95. The highest BCUT2D eigenvalue weighted by molar-refractivity contribution is 5.81. The fourth-order valence-electron chi connectivity index (χ4n) is 2.64. The van der Waals surface area contributed by atoms with Crippen LogP contribution in [0.5, 0.6) is 0 Å². The predicted molar refractivity (Wildman–Crippen MR) is 79.6 cm³/mol. The standard InChI is InChI=1S/C15H20F3N3O/c16-15(17,18)10-6-7-12(13(8-10)20-9-14(19)22)21-11-4-2-1-3-5-11/h6-8,11,20-21H,1-5,9H2,(H2,19,22). The van der Waals surface area contributed by atoms with E-state index in [1.807, 2.05) is 0 Å². The lowest BCUT2D eigenvalue weighted by Crippen LogP contribution is -2.25. The summed E-state index contributed by atoms with van der Waals surface area (Å²) in [5.74, 6) is -0.624. The number of carbonyl (C=O) groups is 1. The zero-order valence-corrected chi connectivity index (χ0v) is 12.2. The van der Waals surface area contributed by atoms with Gasteiger partial charge in [-0.15, -0.1) is 0 Å². The molecule has 1 aromatic rings. The van der Waals surface area contributed by atoms with Crippen LogP contribution in [0.4, 0.5) is 24.5 Å². The molecule has 0 bridgehead atoms. The average molecular weight is 315 g/mol. The number of hydrogen-bond donors (Lipinski definition) is 3. The van der Waals surface area contributed by atoms with Crippen molar-refractivity contribution in [1.82, 2.24) is 0 Å². The van der Waals surface area contributed by atoms with Gasteiger partial charge in [0.25, 0.3) is 0 Å². The van der Waals surface area contributed by atoms with Crippen LogP contribution in [0, 0.1) is 0 Å². The Hall–Kier alpha value is -1.92. The van der Waals surface area contributed by atoms with E-state index < -0.39 is 17.6 Å². The van der Waals surface area contributed by atoms with Gasteiger partial charge in [0.2, 0.25) is 5.91 Å². The number of carbonyl (C=O) groups excluding carboxylic acids is 1. The molecule has 0 aliphatic heterocycles. The SMILES string of the molecule is NC(=O)CNc1cc(C(F)(F)F)ccc1NC1CCCCC1. The van der Waals surface area contributed by atoms with E-state index in [0.29, 0.717) is 5.69 Å². The molecule has 0 spiro atoms. The molecule has 1 aliphatic rings. The lowest BCUT2D eigenvalue weighted by Gasteiger charge is -2.25. The van der Waals surface area contributed by atoms with Gasteiger partial charge >= 0.3 is 6.18 Å². The van der Waals surface area contributed by atoms with Crippen LogP contribution >= 0.6 is 0 Å². The van der Waals surface area contributed by atoms with E-state index in [1.54, 1.807) is 0 Å². The Bertz CT molecular complexity index is 525. The van der Waals surface area contributed by atoms with Crippen molar-refractivity contribution in [1.29, 1.82) is 0 Å². The number of anilines is 2. The van der Waals surface area contributed by atoms with Crippen LogP contribution in [0.25, 0.3) is 0 Å². The molecule has 0 aromatic heterocycles. The summed E-state index contributed by atoms with van der Waals surface area (Å²) in [4.78, 5) is 10.9. The van der Waals surface area contributed by atoms with Gasteiger partial charge in [-0.3, -0.25) is 4.79 Å². The lowest BCUT2D eigenvalue weighted by atomic mass is 9.95. The first-order valence-electron chi connectivity index (χ1n) is 7.36. The van der Waals surface area contributed by atoms with E-state index in [2.05, 4.69) is 10.6 Å². The molecule has 1 saturated carbocycles. The van der Waals surface area contributed by atoms with E-state index in [9.17, 15) is 18.0 Å². The van der Waals surface area contributed by atoms with Crippen molar-refractivity contribution in [2.24, 2.45) is 5.73 Å². The van der Waals surface area contributed by atoms with Gasteiger partial charge in [0, 0.05) is 6.04 Å². The number of rotatable bonds is 5. The van der Waals surface area contributed by atoms with Crippen LogP contribution in [0.15, 0.2) is 18.2 Å². The first-order valence-corrected chi connectivity index (χ1v) is 7.36. The Morgan fingerprint density at radius 1 is 1.18 bits per heavy atom. The number of nitrogens with one attached hydrogen (secondary N) is 2. The molecule has 7 heteroatoms. The first-order chi connectivity index (χ1) is 10.4. The molecule has 0 saturated heterocycles. The minimum absolute atomic E-state index is 0.208. The third-order valence-electron chi connectivity index (χ3n) is 3.76. The van der Waals surface area contributed by atoms with Crippen molar-refractivity contribution in [3.8, 4) is 0 Å². The Labute approximate surface area is 127 Å². The molecule has 4 N–H and O–H groups in total.